The molecule has 1 fully saturated rings. The summed E-state index contributed by atoms with van der Waals surface area (Å²) in [7, 11) is 4.39. The van der Waals surface area contributed by atoms with E-state index in [-0.39, 0.29) is 0 Å². The maximum absolute atomic E-state index is 3.55. The molecule has 1 saturated carbocycles. The van der Waals surface area contributed by atoms with Crippen LogP contribution < -0.4 is 5.32 Å². The first-order valence-electron chi connectivity index (χ1n) is 5.48. The summed E-state index contributed by atoms with van der Waals surface area (Å²) in [5, 5.41) is 3.55. The van der Waals surface area contributed by atoms with Crippen molar-refractivity contribution in [1.29, 1.82) is 0 Å². The monoisotopic (exact) mass is 184 g/mol. The Labute approximate surface area is 82.7 Å². The Morgan fingerprint density at radius 2 is 1.85 bits per heavy atom. The molecule has 0 amide bonds. The first-order chi connectivity index (χ1) is 6.11. The molecule has 0 bridgehead atoms. The quantitative estimate of drug-likeness (QED) is 0.674. The summed E-state index contributed by atoms with van der Waals surface area (Å²) in [6.07, 6.45) is 2.87. The van der Waals surface area contributed by atoms with Crippen LogP contribution in [0.1, 0.15) is 26.7 Å². The summed E-state index contributed by atoms with van der Waals surface area (Å²) in [4.78, 5) is 2.37. The molecule has 1 N–H and O–H groups in total. The first-order valence-corrected chi connectivity index (χ1v) is 5.48. The molecule has 0 heterocycles. The smallest absolute Gasteiger partial charge is 0.0242 e. The van der Waals surface area contributed by atoms with Gasteiger partial charge in [0.05, 0.1) is 0 Å². The Morgan fingerprint density at radius 3 is 2.23 bits per heavy atom. The second-order valence-electron chi connectivity index (χ2n) is 4.92. The van der Waals surface area contributed by atoms with Crippen molar-refractivity contribution in [2.24, 2.45) is 11.8 Å². The molecule has 0 aromatic carbocycles. The van der Waals surface area contributed by atoms with Crippen molar-refractivity contribution in [2.75, 3.05) is 27.2 Å². The van der Waals surface area contributed by atoms with Gasteiger partial charge < -0.3 is 10.2 Å². The molecule has 1 rings (SSSR count). The van der Waals surface area contributed by atoms with Gasteiger partial charge in [0.15, 0.2) is 0 Å². The van der Waals surface area contributed by atoms with Crippen LogP contribution in [0, 0.1) is 11.8 Å². The molecule has 2 nitrogen and oxygen atoms in total. The molecule has 1 unspecified atom stereocenters. The molecular weight excluding hydrogens is 160 g/mol. The van der Waals surface area contributed by atoms with Crippen LogP contribution in [0.5, 0.6) is 0 Å². The normalized spacial score (nSPS) is 19.8. The number of likely N-dealkylation sites (N-methyl/N-ethyl adjacent to an activating group) is 1. The topological polar surface area (TPSA) is 15.3 Å². The van der Waals surface area contributed by atoms with Crippen LogP contribution >= 0.6 is 0 Å². The van der Waals surface area contributed by atoms with Crippen LogP contribution in [0.3, 0.4) is 0 Å². The average Bonchev–Trinajstić information content (AvgIpc) is 2.79. The number of rotatable bonds is 6. The summed E-state index contributed by atoms with van der Waals surface area (Å²) >= 11 is 0. The van der Waals surface area contributed by atoms with Crippen LogP contribution in [0.25, 0.3) is 0 Å². The van der Waals surface area contributed by atoms with E-state index in [9.17, 15) is 0 Å². The molecule has 0 aromatic heterocycles. The standard InChI is InChI=1S/C11H24N2/c1-9(2)7-12-8-11(13(3)4)10-5-6-10/h9-12H,5-8H2,1-4H3. The zero-order valence-electron chi connectivity index (χ0n) is 9.51. The molecular formula is C11H24N2. The van der Waals surface area contributed by atoms with Crippen molar-refractivity contribution in [3.63, 3.8) is 0 Å². The van der Waals surface area contributed by atoms with Gasteiger partial charge in [-0.05, 0) is 45.3 Å². The molecule has 0 aliphatic heterocycles. The van der Waals surface area contributed by atoms with Crippen LogP contribution in [0.4, 0.5) is 0 Å². The highest BCUT2D eigenvalue weighted by Gasteiger charge is 2.31. The summed E-state index contributed by atoms with van der Waals surface area (Å²) in [5.74, 6) is 1.73. The Hall–Kier alpha value is -0.0800. The number of hydrogen-bond acceptors (Lipinski definition) is 2. The lowest BCUT2D eigenvalue weighted by Crippen LogP contribution is -2.40. The van der Waals surface area contributed by atoms with Gasteiger partial charge in [0.2, 0.25) is 0 Å². The number of nitrogens with one attached hydrogen (secondary N) is 1. The molecule has 1 atom stereocenters. The van der Waals surface area contributed by atoms with Gasteiger partial charge >= 0.3 is 0 Å². The van der Waals surface area contributed by atoms with E-state index >= 15 is 0 Å². The summed E-state index contributed by atoms with van der Waals surface area (Å²) in [6.45, 7) is 6.83. The molecule has 2 heteroatoms. The SMILES string of the molecule is CC(C)CNCC(C1CC1)N(C)C. The third-order valence-electron chi connectivity index (χ3n) is 2.74. The van der Waals surface area contributed by atoms with Crippen LogP contribution in [-0.4, -0.2) is 38.1 Å². The van der Waals surface area contributed by atoms with Crippen molar-refractivity contribution in [2.45, 2.75) is 32.7 Å². The second-order valence-corrected chi connectivity index (χ2v) is 4.92. The summed E-state index contributed by atoms with van der Waals surface area (Å²) in [6, 6.07) is 0.763. The maximum atomic E-state index is 3.55. The lowest BCUT2D eigenvalue weighted by molar-refractivity contribution is 0.253. The molecule has 13 heavy (non-hydrogen) atoms. The molecule has 0 saturated heterocycles. The van der Waals surface area contributed by atoms with Crippen molar-refractivity contribution in [1.82, 2.24) is 10.2 Å². The van der Waals surface area contributed by atoms with E-state index in [1.54, 1.807) is 0 Å². The predicted molar refractivity (Wildman–Crippen MR) is 57.9 cm³/mol. The fourth-order valence-corrected chi connectivity index (χ4v) is 1.77. The van der Waals surface area contributed by atoms with Gasteiger partial charge in [0.25, 0.3) is 0 Å². The summed E-state index contributed by atoms with van der Waals surface area (Å²) < 4.78 is 0. The van der Waals surface area contributed by atoms with E-state index in [1.807, 2.05) is 0 Å². The van der Waals surface area contributed by atoms with Crippen molar-refractivity contribution >= 4 is 0 Å². The molecule has 1 aliphatic carbocycles. The fourth-order valence-electron chi connectivity index (χ4n) is 1.77. The van der Waals surface area contributed by atoms with Gasteiger partial charge in [-0.2, -0.15) is 0 Å². The number of nitrogens with zero attached hydrogens (tertiary/aromatic N) is 1. The lowest BCUT2D eigenvalue weighted by atomic mass is 10.1. The third kappa shape index (κ3) is 4.10. The van der Waals surface area contributed by atoms with Crippen LogP contribution in [0.2, 0.25) is 0 Å². The minimum absolute atomic E-state index is 0.763. The minimum Gasteiger partial charge on any atom is -0.315 e. The maximum Gasteiger partial charge on any atom is 0.0242 e. The average molecular weight is 184 g/mol. The minimum atomic E-state index is 0.763. The van der Waals surface area contributed by atoms with E-state index in [4.69, 9.17) is 0 Å². The van der Waals surface area contributed by atoms with Gasteiger partial charge in [-0.3, -0.25) is 0 Å². The predicted octanol–water partition coefficient (Wildman–Crippen LogP) is 1.57. The van der Waals surface area contributed by atoms with E-state index in [1.165, 1.54) is 12.8 Å². The molecule has 0 radical (unpaired) electrons. The zero-order chi connectivity index (χ0) is 9.84. The lowest BCUT2D eigenvalue weighted by Gasteiger charge is -2.24. The molecule has 0 spiro atoms. The third-order valence-corrected chi connectivity index (χ3v) is 2.74. The first kappa shape index (κ1) is 11.0. The number of hydrogen-bond donors (Lipinski definition) is 1. The van der Waals surface area contributed by atoms with Gasteiger partial charge in [0.1, 0.15) is 0 Å². The fraction of sp³-hybridized carbons (Fsp3) is 1.00. The highest BCUT2D eigenvalue weighted by molar-refractivity contribution is 4.87. The molecule has 0 aromatic rings. The van der Waals surface area contributed by atoms with Crippen molar-refractivity contribution in [3.8, 4) is 0 Å². The van der Waals surface area contributed by atoms with Gasteiger partial charge in [-0.25, -0.2) is 0 Å². The largest absolute Gasteiger partial charge is 0.315 e. The Bertz CT molecular complexity index is 137. The van der Waals surface area contributed by atoms with Crippen molar-refractivity contribution < 1.29 is 0 Å². The highest BCUT2D eigenvalue weighted by atomic mass is 15.1. The van der Waals surface area contributed by atoms with Gasteiger partial charge in [-0.1, -0.05) is 13.8 Å². The zero-order valence-corrected chi connectivity index (χ0v) is 9.51. The second kappa shape index (κ2) is 4.97. The van der Waals surface area contributed by atoms with E-state index in [2.05, 4.69) is 38.2 Å². The molecule has 78 valence electrons. The molecule has 1 aliphatic rings. The van der Waals surface area contributed by atoms with E-state index in [0.717, 1.165) is 31.0 Å². The Morgan fingerprint density at radius 1 is 1.23 bits per heavy atom. The van der Waals surface area contributed by atoms with Crippen LogP contribution in [-0.2, 0) is 0 Å². The van der Waals surface area contributed by atoms with Crippen molar-refractivity contribution in [3.05, 3.63) is 0 Å². The summed E-state index contributed by atoms with van der Waals surface area (Å²) in [5.41, 5.74) is 0. The van der Waals surface area contributed by atoms with Gasteiger partial charge in [-0.15, -0.1) is 0 Å². The Kier molecular flexibility index (Phi) is 4.20. The van der Waals surface area contributed by atoms with Gasteiger partial charge in [0, 0.05) is 12.6 Å². The highest BCUT2D eigenvalue weighted by Crippen LogP contribution is 2.34. The van der Waals surface area contributed by atoms with E-state index in [0.29, 0.717) is 0 Å². The van der Waals surface area contributed by atoms with Crippen LogP contribution in [0.15, 0.2) is 0 Å². The Balaban J connectivity index is 2.15. The van der Waals surface area contributed by atoms with E-state index < -0.39 is 0 Å².